The predicted octanol–water partition coefficient (Wildman–Crippen LogP) is 4.62. The Balaban J connectivity index is 1.58. The number of ether oxygens (including phenoxy) is 1. The second-order valence-electron chi connectivity index (χ2n) is 9.66. The number of imidazole rings is 1. The average Bonchev–Trinajstić information content (AvgIpc) is 3.32. The zero-order valence-electron chi connectivity index (χ0n) is 21.1. The monoisotopic (exact) mass is 560 g/mol. The van der Waals surface area contributed by atoms with Crippen molar-refractivity contribution in [1.82, 2.24) is 14.1 Å². The van der Waals surface area contributed by atoms with Crippen molar-refractivity contribution in [3.8, 4) is 39.6 Å². The summed E-state index contributed by atoms with van der Waals surface area (Å²) >= 11 is 6.46. The number of aryl methyl sites for hydroxylation is 1. The molecule has 0 radical (unpaired) electrons. The Morgan fingerprint density at radius 3 is 2.31 bits per heavy atom. The number of halogens is 4. The molecule has 39 heavy (non-hydrogen) atoms. The third kappa shape index (κ3) is 4.51. The van der Waals surface area contributed by atoms with Gasteiger partial charge in [0.2, 0.25) is 5.88 Å². The van der Waals surface area contributed by atoms with E-state index in [1.54, 1.807) is 31.6 Å². The van der Waals surface area contributed by atoms with Crippen LogP contribution in [-0.2, 0) is 7.05 Å². The van der Waals surface area contributed by atoms with E-state index in [1.807, 2.05) is 0 Å². The number of hydrogen-bond acceptors (Lipinski definition) is 6. The SMILES string of the molecule is COc1ncc(-c2cc(F)cc(-c3ccc(-n4ccn(C)c4=O)c(Cl)c3)c2O)cc1N1CC(F)(F)[C@](C)(O)C1. The van der Waals surface area contributed by atoms with Gasteiger partial charge in [0.25, 0.3) is 5.92 Å². The van der Waals surface area contributed by atoms with E-state index in [0.29, 0.717) is 11.3 Å². The van der Waals surface area contributed by atoms with Crippen LogP contribution in [0.2, 0.25) is 5.02 Å². The van der Waals surface area contributed by atoms with Crippen LogP contribution in [0, 0.1) is 5.82 Å². The molecule has 4 aromatic rings. The molecule has 1 aliphatic rings. The summed E-state index contributed by atoms with van der Waals surface area (Å²) < 4.78 is 51.6. The normalized spacial score (nSPS) is 18.5. The lowest BCUT2D eigenvalue weighted by Crippen LogP contribution is -2.43. The smallest absolute Gasteiger partial charge is 0.332 e. The molecule has 0 saturated carbocycles. The van der Waals surface area contributed by atoms with Crippen LogP contribution in [0.1, 0.15) is 6.92 Å². The Labute approximate surface area is 226 Å². The zero-order valence-corrected chi connectivity index (χ0v) is 21.9. The van der Waals surface area contributed by atoms with Crippen molar-refractivity contribution in [1.29, 1.82) is 0 Å². The average molecular weight is 561 g/mol. The largest absolute Gasteiger partial charge is 0.507 e. The van der Waals surface area contributed by atoms with Gasteiger partial charge in [-0.15, -0.1) is 0 Å². The van der Waals surface area contributed by atoms with Gasteiger partial charge in [0.15, 0.2) is 0 Å². The van der Waals surface area contributed by atoms with E-state index in [2.05, 4.69) is 4.98 Å². The van der Waals surface area contributed by atoms with Gasteiger partial charge in [-0.2, -0.15) is 0 Å². The first-order valence-electron chi connectivity index (χ1n) is 11.8. The summed E-state index contributed by atoms with van der Waals surface area (Å²) in [7, 11) is 2.93. The lowest BCUT2D eigenvalue weighted by atomic mass is 9.97. The third-order valence-corrected chi connectivity index (χ3v) is 7.20. The molecule has 2 N–H and O–H groups in total. The van der Waals surface area contributed by atoms with Gasteiger partial charge in [-0.3, -0.25) is 4.57 Å². The molecular formula is C27H24ClF3N4O4. The molecule has 0 amide bonds. The van der Waals surface area contributed by atoms with E-state index in [4.69, 9.17) is 16.3 Å². The maximum Gasteiger partial charge on any atom is 0.332 e. The van der Waals surface area contributed by atoms with Gasteiger partial charge >= 0.3 is 5.69 Å². The van der Waals surface area contributed by atoms with Crippen molar-refractivity contribution in [2.24, 2.45) is 7.05 Å². The summed E-state index contributed by atoms with van der Waals surface area (Å²) in [5, 5.41) is 21.6. The molecule has 3 heterocycles. The molecule has 0 unspecified atom stereocenters. The van der Waals surface area contributed by atoms with Gasteiger partial charge in [0.1, 0.15) is 22.9 Å². The summed E-state index contributed by atoms with van der Waals surface area (Å²) in [4.78, 5) is 17.7. The molecule has 1 aliphatic heterocycles. The van der Waals surface area contributed by atoms with E-state index in [0.717, 1.165) is 19.1 Å². The molecule has 12 heteroatoms. The molecule has 5 rings (SSSR count). The number of anilines is 1. The number of alkyl halides is 2. The number of benzene rings is 2. The van der Waals surface area contributed by atoms with Crippen LogP contribution in [0.5, 0.6) is 11.6 Å². The standard InChI is InChI=1S/C27H24ClF3N4O4/c1-26(38)13-34(14-27(26,30)31)22-9-16(12-32-24(22)39-3)19-11-17(29)10-18(23(19)36)15-4-5-21(20(28)8-15)35-7-6-33(2)25(35)37/h4-12,36,38H,13-14H2,1-3H3/t26-/m1/s1. The molecule has 0 spiro atoms. The summed E-state index contributed by atoms with van der Waals surface area (Å²) in [5.74, 6) is -4.33. The lowest BCUT2D eigenvalue weighted by Gasteiger charge is -2.23. The summed E-state index contributed by atoms with van der Waals surface area (Å²) in [6.07, 6.45) is 4.47. The molecule has 204 valence electrons. The van der Waals surface area contributed by atoms with Gasteiger partial charge in [-0.05, 0) is 42.8 Å². The molecule has 1 fully saturated rings. The van der Waals surface area contributed by atoms with Gasteiger partial charge in [-0.25, -0.2) is 22.9 Å². The van der Waals surface area contributed by atoms with Gasteiger partial charge in [-0.1, -0.05) is 17.7 Å². The van der Waals surface area contributed by atoms with E-state index in [1.165, 1.54) is 39.5 Å². The maximum absolute atomic E-state index is 14.8. The number of pyridine rings is 1. The minimum absolute atomic E-state index is 0.0295. The quantitative estimate of drug-likeness (QED) is 0.370. The number of hydrogen-bond donors (Lipinski definition) is 2. The molecule has 2 aromatic heterocycles. The Hall–Kier alpha value is -3.96. The van der Waals surface area contributed by atoms with E-state index >= 15 is 0 Å². The highest BCUT2D eigenvalue weighted by Gasteiger charge is 2.57. The Bertz CT molecular complexity index is 1630. The molecule has 1 saturated heterocycles. The van der Waals surface area contributed by atoms with Crippen LogP contribution in [0.3, 0.4) is 0 Å². The molecule has 0 bridgehead atoms. The van der Waals surface area contributed by atoms with Gasteiger partial charge in [0.05, 0.1) is 30.9 Å². The van der Waals surface area contributed by atoms with Crippen molar-refractivity contribution >= 4 is 17.3 Å². The number of nitrogens with zero attached hydrogens (tertiary/aromatic N) is 4. The number of aromatic hydroxyl groups is 1. The van der Waals surface area contributed by atoms with Crippen molar-refractivity contribution in [2.45, 2.75) is 18.4 Å². The first kappa shape index (κ1) is 26.6. The number of phenolic OH excluding ortho intramolecular Hbond substituents is 1. The number of methoxy groups -OCH3 is 1. The van der Waals surface area contributed by atoms with Crippen molar-refractivity contribution < 1.29 is 28.1 Å². The second kappa shape index (κ2) is 9.35. The number of rotatable bonds is 5. The highest BCUT2D eigenvalue weighted by Crippen LogP contribution is 2.44. The van der Waals surface area contributed by atoms with Crippen LogP contribution >= 0.6 is 11.6 Å². The van der Waals surface area contributed by atoms with Crippen molar-refractivity contribution in [2.75, 3.05) is 25.1 Å². The first-order chi connectivity index (χ1) is 18.3. The number of phenols is 1. The number of β-amino-alcohol motifs (C(OH)–C–C–N with tert-alkyl or cyclic N) is 1. The number of aromatic nitrogens is 3. The topological polar surface area (TPSA) is 92.8 Å². The van der Waals surface area contributed by atoms with Crippen LogP contribution in [0.4, 0.5) is 18.9 Å². The molecule has 1 atom stereocenters. The van der Waals surface area contributed by atoms with Crippen molar-refractivity contribution in [3.05, 3.63) is 76.3 Å². The third-order valence-electron chi connectivity index (χ3n) is 6.89. The Morgan fingerprint density at radius 2 is 1.74 bits per heavy atom. The summed E-state index contributed by atoms with van der Waals surface area (Å²) in [6, 6.07) is 8.34. The molecule has 8 nitrogen and oxygen atoms in total. The summed E-state index contributed by atoms with van der Waals surface area (Å²) in [5.41, 5.74) is -1.24. The summed E-state index contributed by atoms with van der Waals surface area (Å²) in [6.45, 7) is -0.125. The fourth-order valence-electron chi connectivity index (χ4n) is 4.65. The Kier molecular flexibility index (Phi) is 6.39. The predicted molar refractivity (Wildman–Crippen MR) is 141 cm³/mol. The second-order valence-corrected chi connectivity index (χ2v) is 10.1. The zero-order chi connectivity index (χ0) is 28.3. The number of aliphatic hydroxyl groups is 1. The van der Waals surface area contributed by atoms with Crippen LogP contribution in [0.15, 0.2) is 59.8 Å². The fourth-order valence-corrected chi connectivity index (χ4v) is 4.92. The molecule has 2 aromatic carbocycles. The Morgan fingerprint density at radius 1 is 1.05 bits per heavy atom. The minimum atomic E-state index is -3.39. The van der Waals surface area contributed by atoms with Gasteiger partial charge < -0.3 is 24.4 Å². The van der Waals surface area contributed by atoms with E-state index in [9.17, 15) is 28.2 Å². The van der Waals surface area contributed by atoms with E-state index in [-0.39, 0.29) is 44.7 Å². The van der Waals surface area contributed by atoms with Crippen molar-refractivity contribution in [3.63, 3.8) is 0 Å². The minimum Gasteiger partial charge on any atom is -0.507 e. The van der Waals surface area contributed by atoms with Crippen LogP contribution in [0.25, 0.3) is 27.9 Å². The molecular weight excluding hydrogens is 537 g/mol. The highest BCUT2D eigenvalue weighted by atomic mass is 35.5. The first-order valence-corrected chi connectivity index (χ1v) is 12.2. The fraction of sp³-hybridized carbons (Fsp3) is 0.259. The van der Waals surface area contributed by atoms with Crippen LogP contribution in [-0.4, -0.2) is 56.1 Å². The van der Waals surface area contributed by atoms with Crippen LogP contribution < -0.4 is 15.3 Å². The molecule has 0 aliphatic carbocycles. The van der Waals surface area contributed by atoms with E-state index < -0.39 is 30.4 Å². The highest BCUT2D eigenvalue weighted by molar-refractivity contribution is 6.32. The maximum atomic E-state index is 14.8. The lowest BCUT2D eigenvalue weighted by molar-refractivity contribution is -0.134. The van der Waals surface area contributed by atoms with Gasteiger partial charge in [0, 0.05) is 42.3 Å².